The number of benzene rings is 2. The summed E-state index contributed by atoms with van der Waals surface area (Å²) in [6, 6.07) is 15.8. The highest BCUT2D eigenvalue weighted by Crippen LogP contribution is 2.16. The zero-order chi connectivity index (χ0) is 15.8. The van der Waals surface area contributed by atoms with Crippen LogP contribution in [0.1, 0.15) is 24.5 Å². The first-order valence-electron chi connectivity index (χ1n) is 7.51. The third-order valence-electron chi connectivity index (χ3n) is 3.53. The van der Waals surface area contributed by atoms with E-state index < -0.39 is 0 Å². The summed E-state index contributed by atoms with van der Waals surface area (Å²) in [4.78, 5) is 0. The predicted molar refractivity (Wildman–Crippen MR) is 90.2 cm³/mol. The Morgan fingerprint density at radius 1 is 1.14 bits per heavy atom. The van der Waals surface area contributed by atoms with Crippen LogP contribution in [0.2, 0.25) is 5.02 Å². The first-order chi connectivity index (χ1) is 10.7. The number of hydrogen-bond acceptors (Lipinski definition) is 3. The summed E-state index contributed by atoms with van der Waals surface area (Å²) < 4.78 is 5.75. The molecule has 2 N–H and O–H groups in total. The molecule has 0 unspecified atom stereocenters. The van der Waals surface area contributed by atoms with Gasteiger partial charge in [0, 0.05) is 17.6 Å². The molecule has 4 heteroatoms. The smallest absolute Gasteiger partial charge is 0.119 e. The minimum absolute atomic E-state index is 0.152. The molecule has 0 heterocycles. The van der Waals surface area contributed by atoms with Gasteiger partial charge in [0.15, 0.2) is 0 Å². The summed E-state index contributed by atoms with van der Waals surface area (Å²) in [5.74, 6) is 0.831. The van der Waals surface area contributed by atoms with Crippen molar-refractivity contribution < 1.29 is 9.84 Å². The van der Waals surface area contributed by atoms with Gasteiger partial charge in [-0.3, -0.25) is 0 Å². The highest BCUT2D eigenvalue weighted by Gasteiger charge is 2.03. The Morgan fingerprint density at radius 2 is 1.91 bits per heavy atom. The van der Waals surface area contributed by atoms with Gasteiger partial charge in [-0.05, 0) is 41.8 Å². The topological polar surface area (TPSA) is 41.5 Å². The van der Waals surface area contributed by atoms with Crippen molar-refractivity contribution in [2.24, 2.45) is 0 Å². The maximum atomic E-state index is 9.15. The molecule has 0 aliphatic carbocycles. The molecule has 2 aromatic carbocycles. The second-order valence-corrected chi connectivity index (χ2v) is 5.67. The van der Waals surface area contributed by atoms with Crippen molar-refractivity contribution >= 4 is 11.6 Å². The number of halogens is 1. The summed E-state index contributed by atoms with van der Waals surface area (Å²) in [6.45, 7) is 3.46. The van der Waals surface area contributed by atoms with E-state index >= 15 is 0 Å². The maximum Gasteiger partial charge on any atom is 0.119 e. The van der Waals surface area contributed by atoms with E-state index in [0.29, 0.717) is 6.61 Å². The van der Waals surface area contributed by atoms with Gasteiger partial charge in [0.25, 0.3) is 0 Å². The van der Waals surface area contributed by atoms with Crippen LogP contribution in [-0.2, 0) is 13.2 Å². The van der Waals surface area contributed by atoms with E-state index in [2.05, 4.69) is 12.2 Å². The van der Waals surface area contributed by atoms with Gasteiger partial charge < -0.3 is 15.2 Å². The predicted octanol–water partition coefficient (Wildman–Crippen LogP) is 3.78. The van der Waals surface area contributed by atoms with E-state index in [0.717, 1.165) is 29.3 Å². The van der Waals surface area contributed by atoms with Crippen LogP contribution in [0.3, 0.4) is 0 Å². The molecule has 0 amide bonds. The zero-order valence-corrected chi connectivity index (χ0v) is 13.5. The summed E-state index contributed by atoms with van der Waals surface area (Å²) in [6.07, 6.45) is 0.914. The average Bonchev–Trinajstić information content (AvgIpc) is 2.55. The Bertz CT molecular complexity index is 568. The summed E-state index contributed by atoms with van der Waals surface area (Å²) in [5, 5.41) is 13.2. The molecular formula is C18H22ClNO2. The van der Waals surface area contributed by atoms with Crippen molar-refractivity contribution in [1.29, 1.82) is 0 Å². The Hall–Kier alpha value is -1.55. The summed E-state index contributed by atoms with van der Waals surface area (Å²) in [7, 11) is 0. The highest BCUT2D eigenvalue weighted by molar-refractivity contribution is 6.30. The lowest BCUT2D eigenvalue weighted by Gasteiger charge is -2.14. The molecule has 2 aromatic rings. The van der Waals surface area contributed by atoms with Crippen LogP contribution in [-0.4, -0.2) is 17.8 Å². The lowest BCUT2D eigenvalue weighted by atomic mass is 10.2. The van der Waals surface area contributed by atoms with Crippen molar-refractivity contribution in [2.45, 2.75) is 32.5 Å². The fourth-order valence-corrected chi connectivity index (χ4v) is 2.31. The van der Waals surface area contributed by atoms with Crippen molar-refractivity contribution in [3.63, 3.8) is 0 Å². The van der Waals surface area contributed by atoms with Gasteiger partial charge in [-0.2, -0.15) is 0 Å². The van der Waals surface area contributed by atoms with Crippen LogP contribution in [0.15, 0.2) is 48.5 Å². The molecule has 3 nitrogen and oxygen atoms in total. The standard InChI is InChI=1S/C18H22ClNO2/c1-2-17(12-21)20-11-14-6-8-18(9-7-14)22-13-15-4-3-5-16(19)10-15/h3-10,17,20-21H,2,11-13H2,1H3/t17-/m0/s1. The van der Waals surface area contributed by atoms with Crippen LogP contribution >= 0.6 is 11.6 Å². The molecule has 0 saturated carbocycles. The molecule has 118 valence electrons. The molecule has 0 saturated heterocycles. The van der Waals surface area contributed by atoms with Gasteiger partial charge in [0.05, 0.1) is 6.61 Å². The van der Waals surface area contributed by atoms with Gasteiger partial charge in [-0.1, -0.05) is 42.8 Å². The number of aliphatic hydroxyl groups is 1. The fourth-order valence-electron chi connectivity index (χ4n) is 2.10. The zero-order valence-electron chi connectivity index (χ0n) is 12.8. The second-order valence-electron chi connectivity index (χ2n) is 5.23. The molecule has 0 aliphatic rings. The van der Waals surface area contributed by atoms with Gasteiger partial charge in [-0.25, -0.2) is 0 Å². The van der Waals surface area contributed by atoms with Crippen molar-refractivity contribution in [3.05, 3.63) is 64.7 Å². The molecule has 0 aliphatic heterocycles. The number of hydrogen-bond donors (Lipinski definition) is 2. The number of ether oxygens (including phenoxy) is 1. The molecule has 22 heavy (non-hydrogen) atoms. The largest absolute Gasteiger partial charge is 0.489 e. The Balaban J connectivity index is 1.84. The Kier molecular flexibility index (Phi) is 6.72. The van der Waals surface area contributed by atoms with Gasteiger partial charge >= 0.3 is 0 Å². The Morgan fingerprint density at radius 3 is 2.55 bits per heavy atom. The first-order valence-corrected chi connectivity index (χ1v) is 7.89. The molecule has 0 aromatic heterocycles. The SMILES string of the molecule is CC[C@@H](CO)NCc1ccc(OCc2cccc(Cl)c2)cc1. The number of rotatable bonds is 8. The Labute approximate surface area is 136 Å². The van der Waals surface area contributed by atoms with E-state index in [1.165, 1.54) is 5.56 Å². The third kappa shape index (κ3) is 5.34. The first kappa shape index (κ1) is 16.8. The molecule has 1 atom stereocenters. The van der Waals surface area contributed by atoms with Crippen LogP contribution < -0.4 is 10.1 Å². The second kappa shape index (κ2) is 8.79. The number of aliphatic hydroxyl groups excluding tert-OH is 1. The normalized spacial score (nSPS) is 12.1. The molecule has 0 bridgehead atoms. The van der Waals surface area contributed by atoms with Gasteiger partial charge in [-0.15, -0.1) is 0 Å². The third-order valence-corrected chi connectivity index (χ3v) is 3.76. The summed E-state index contributed by atoms with van der Waals surface area (Å²) >= 11 is 5.95. The van der Waals surface area contributed by atoms with Crippen LogP contribution in [0.5, 0.6) is 5.75 Å². The monoisotopic (exact) mass is 319 g/mol. The maximum absolute atomic E-state index is 9.15. The molecule has 0 radical (unpaired) electrons. The van der Waals surface area contributed by atoms with Gasteiger partial charge in [0.1, 0.15) is 12.4 Å². The molecule has 2 rings (SSSR count). The van der Waals surface area contributed by atoms with Gasteiger partial charge in [0.2, 0.25) is 0 Å². The highest BCUT2D eigenvalue weighted by atomic mass is 35.5. The molecule has 0 spiro atoms. The fraction of sp³-hybridized carbons (Fsp3) is 0.333. The van der Waals surface area contributed by atoms with E-state index in [1.807, 2.05) is 48.5 Å². The van der Waals surface area contributed by atoms with E-state index in [4.69, 9.17) is 21.4 Å². The molecule has 0 fully saturated rings. The van der Waals surface area contributed by atoms with Crippen LogP contribution in [0.4, 0.5) is 0 Å². The molecular weight excluding hydrogens is 298 g/mol. The van der Waals surface area contributed by atoms with Crippen molar-refractivity contribution in [2.75, 3.05) is 6.61 Å². The lowest BCUT2D eigenvalue weighted by molar-refractivity contribution is 0.238. The quantitative estimate of drug-likeness (QED) is 0.778. The van der Waals surface area contributed by atoms with E-state index in [1.54, 1.807) is 0 Å². The minimum atomic E-state index is 0.152. The van der Waals surface area contributed by atoms with Crippen molar-refractivity contribution in [1.82, 2.24) is 5.32 Å². The number of nitrogens with one attached hydrogen (secondary N) is 1. The van der Waals surface area contributed by atoms with Crippen LogP contribution in [0, 0.1) is 0 Å². The van der Waals surface area contributed by atoms with E-state index in [-0.39, 0.29) is 12.6 Å². The van der Waals surface area contributed by atoms with Crippen LogP contribution in [0.25, 0.3) is 0 Å². The van der Waals surface area contributed by atoms with E-state index in [9.17, 15) is 0 Å². The summed E-state index contributed by atoms with van der Waals surface area (Å²) in [5.41, 5.74) is 2.22. The lowest BCUT2D eigenvalue weighted by Crippen LogP contribution is -2.31. The average molecular weight is 320 g/mol. The minimum Gasteiger partial charge on any atom is -0.489 e. The van der Waals surface area contributed by atoms with Crippen molar-refractivity contribution in [3.8, 4) is 5.75 Å².